The zero-order valence-corrected chi connectivity index (χ0v) is 15.5. The van der Waals surface area contributed by atoms with Crippen LogP contribution in [0, 0.1) is 0 Å². The van der Waals surface area contributed by atoms with Gasteiger partial charge in [0.15, 0.2) is 0 Å². The first-order chi connectivity index (χ1) is 12.6. The van der Waals surface area contributed by atoms with E-state index < -0.39 is 0 Å². The van der Waals surface area contributed by atoms with Crippen molar-refractivity contribution in [2.75, 3.05) is 0 Å². The van der Waals surface area contributed by atoms with Crippen LogP contribution in [0.3, 0.4) is 0 Å². The molecule has 5 heteroatoms. The van der Waals surface area contributed by atoms with E-state index >= 15 is 0 Å². The van der Waals surface area contributed by atoms with E-state index in [1.165, 1.54) is 18.9 Å². The summed E-state index contributed by atoms with van der Waals surface area (Å²) in [7, 11) is 0. The van der Waals surface area contributed by atoms with Gasteiger partial charge >= 0.3 is 5.97 Å². The number of nitrogens with one attached hydrogen (secondary N) is 1. The number of hydroxylamine groups is 1. The molecule has 2 aromatic carbocycles. The maximum absolute atomic E-state index is 11.3. The van der Waals surface area contributed by atoms with Crippen LogP contribution < -0.4 is 5.48 Å². The number of rotatable bonds is 1. The van der Waals surface area contributed by atoms with Gasteiger partial charge in [-0.2, -0.15) is 0 Å². The third-order valence-electron chi connectivity index (χ3n) is 5.35. The highest BCUT2D eigenvalue weighted by Gasteiger charge is 2.45. The lowest BCUT2D eigenvalue weighted by Gasteiger charge is -2.35. The molecule has 0 saturated heterocycles. The quantitative estimate of drug-likeness (QED) is 0.693. The molecule has 0 radical (unpaired) electrons. The van der Waals surface area contributed by atoms with E-state index in [1.54, 1.807) is 0 Å². The normalized spacial score (nSPS) is 17.5. The molecule has 1 saturated carbocycles. The van der Waals surface area contributed by atoms with Gasteiger partial charge < -0.3 is 4.84 Å². The molecule has 4 nitrogen and oxygen atoms in total. The summed E-state index contributed by atoms with van der Waals surface area (Å²) in [6.45, 7) is 1.39. The van der Waals surface area contributed by atoms with Crippen molar-refractivity contribution >= 4 is 29.1 Å². The van der Waals surface area contributed by atoms with Gasteiger partial charge in [-0.3, -0.25) is 4.79 Å². The Hall–Kier alpha value is -2.33. The van der Waals surface area contributed by atoms with Crippen LogP contribution >= 0.6 is 11.6 Å². The standard InChI is InChI=1S/C21H21ClN2O2/c1-14(25)26-24-20-21(10-3-2-4-11-21)18-13-16(8-9-19(18)23-20)15-6-5-7-17(22)12-15/h5-9,12-13H,2-4,10-11H2,1H3,(H,23,24). The van der Waals surface area contributed by atoms with E-state index in [9.17, 15) is 4.79 Å². The Morgan fingerprint density at radius 2 is 1.88 bits per heavy atom. The highest BCUT2D eigenvalue weighted by molar-refractivity contribution is 6.30. The summed E-state index contributed by atoms with van der Waals surface area (Å²) in [5.74, 6) is 0.389. The van der Waals surface area contributed by atoms with Gasteiger partial charge in [-0.25, -0.2) is 10.5 Å². The second-order valence-corrected chi connectivity index (χ2v) is 7.48. The van der Waals surface area contributed by atoms with Crippen molar-refractivity contribution in [3.05, 3.63) is 53.1 Å². The monoisotopic (exact) mass is 368 g/mol. The first-order valence-electron chi connectivity index (χ1n) is 9.02. The van der Waals surface area contributed by atoms with Gasteiger partial charge in [-0.05, 0) is 53.8 Å². The smallest absolute Gasteiger partial charge is 0.329 e. The van der Waals surface area contributed by atoms with E-state index in [0.717, 1.165) is 53.4 Å². The van der Waals surface area contributed by atoms with Crippen molar-refractivity contribution in [1.29, 1.82) is 0 Å². The molecule has 1 fully saturated rings. The van der Waals surface area contributed by atoms with Crippen molar-refractivity contribution in [3.63, 3.8) is 0 Å². The van der Waals surface area contributed by atoms with Crippen molar-refractivity contribution in [2.24, 2.45) is 4.99 Å². The summed E-state index contributed by atoms with van der Waals surface area (Å²) in [5, 5.41) is 0.726. The van der Waals surface area contributed by atoms with Crippen LogP contribution in [-0.2, 0) is 15.0 Å². The van der Waals surface area contributed by atoms with Gasteiger partial charge in [0.25, 0.3) is 0 Å². The molecule has 26 heavy (non-hydrogen) atoms. The third-order valence-corrected chi connectivity index (χ3v) is 5.59. The zero-order chi connectivity index (χ0) is 18.1. The van der Waals surface area contributed by atoms with Crippen molar-refractivity contribution < 1.29 is 9.63 Å². The van der Waals surface area contributed by atoms with Crippen LogP contribution in [0.4, 0.5) is 5.69 Å². The molecule has 0 aromatic heterocycles. The Morgan fingerprint density at radius 1 is 1.12 bits per heavy atom. The number of amidine groups is 1. The minimum Gasteiger partial charge on any atom is -0.343 e. The molecule has 0 unspecified atom stereocenters. The fourth-order valence-corrected chi connectivity index (χ4v) is 4.31. The van der Waals surface area contributed by atoms with Crippen LogP contribution in [0.15, 0.2) is 47.5 Å². The predicted octanol–water partition coefficient (Wildman–Crippen LogP) is 5.32. The molecule has 134 valence electrons. The molecule has 1 heterocycles. The summed E-state index contributed by atoms with van der Waals surface area (Å²) in [4.78, 5) is 21.1. The fourth-order valence-electron chi connectivity index (χ4n) is 4.12. The number of carbonyl (C=O) groups is 1. The topological polar surface area (TPSA) is 50.7 Å². The average molecular weight is 369 g/mol. The maximum atomic E-state index is 11.3. The summed E-state index contributed by atoms with van der Waals surface area (Å²) in [6, 6.07) is 14.2. The molecule has 0 atom stereocenters. The molecule has 2 aliphatic rings. The molecule has 4 rings (SSSR count). The zero-order valence-electron chi connectivity index (χ0n) is 14.7. The third kappa shape index (κ3) is 2.99. The molecule has 1 aliphatic carbocycles. The van der Waals surface area contributed by atoms with Crippen molar-refractivity contribution in [3.8, 4) is 11.1 Å². The molecular formula is C21H21ClN2O2. The van der Waals surface area contributed by atoms with Crippen LogP contribution in [-0.4, -0.2) is 11.8 Å². The SMILES string of the molecule is CC(=O)ONC1=Nc2ccc(-c3cccc(Cl)c3)cc2C12CCCCC2. The molecule has 1 N–H and O–H groups in total. The number of nitrogens with zero attached hydrogens (tertiary/aromatic N) is 1. The summed E-state index contributed by atoms with van der Waals surface area (Å²) >= 11 is 6.17. The summed E-state index contributed by atoms with van der Waals surface area (Å²) in [6.07, 6.45) is 5.52. The van der Waals surface area contributed by atoms with Crippen molar-refractivity contribution in [2.45, 2.75) is 44.4 Å². The maximum Gasteiger partial charge on any atom is 0.329 e. The van der Waals surface area contributed by atoms with Crippen LogP contribution in [0.1, 0.15) is 44.6 Å². The van der Waals surface area contributed by atoms with E-state index in [4.69, 9.17) is 21.4 Å². The van der Waals surface area contributed by atoms with E-state index in [1.807, 2.05) is 24.3 Å². The second-order valence-electron chi connectivity index (χ2n) is 7.04. The molecule has 0 bridgehead atoms. The molecular weight excluding hydrogens is 348 g/mol. The van der Waals surface area contributed by atoms with Crippen LogP contribution in [0.5, 0.6) is 0 Å². The number of fused-ring (bicyclic) bond motifs is 2. The Kier molecular flexibility index (Phi) is 4.45. The van der Waals surface area contributed by atoms with E-state index in [0.29, 0.717) is 0 Å². The predicted molar refractivity (Wildman–Crippen MR) is 104 cm³/mol. The molecule has 2 aromatic rings. The van der Waals surface area contributed by atoms with Crippen LogP contribution in [0.25, 0.3) is 11.1 Å². The number of benzene rings is 2. The van der Waals surface area contributed by atoms with Gasteiger partial charge in [0.2, 0.25) is 0 Å². The number of aliphatic imine (C=N–C) groups is 1. The highest BCUT2D eigenvalue weighted by Crippen LogP contribution is 2.49. The van der Waals surface area contributed by atoms with Gasteiger partial charge in [0.1, 0.15) is 5.84 Å². The molecule has 1 spiro atoms. The minimum absolute atomic E-state index is 0.197. The summed E-state index contributed by atoms with van der Waals surface area (Å²) < 4.78 is 0. The second kappa shape index (κ2) is 6.76. The molecule has 1 aliphatic heterocycles. The van der Waals surface area contributed by atoms with E-state index in [2.05, 4.69) is 23.7 Å². The lowest BCUT2D eigenvalue weighted by molar-refractivity contribution is -0.145. The highest BCUT2D eigenvalue weighted by atomic mass is 35.5. The van der Waals surface area contributed by atoms with Crippen molar-refractivity contribution in [1.82, 2.24) is 5.48 Å². The lowest BCUT2D eigenvalue weighted by atomic mass is 9.69. The van der Waals surface area contributed by atoms with E-state index in [-0.39, 0.29) is 11.4 Å². The minimum atomic E-state index is -0.366. The first kappa shape index (κ1) is 17.1. The van der Waals surface area contributed by atoms with Crippen LogP contribution in [0.2, 0.25) is 5.02 Å². The molecule has 0 amide bonds. The van der Waals surface area contributed by atoms with Gasteiger partial charge in [0, 0.05) is 11.9 Å². The number of hydrogen-bond donors (Lipinski definition) is 1. The fraction of sp³-hybridized carbons (Fsp3) is 0.333. The Morgan fingerprint density at radius 3 is 2.62 bits per heavy atom. The van der Waals surface area contributed by atoms with Gasteiger partial charge in [-0.1, -0.05) is 49.1 Å². The summed E-state index contributed by atoms with van der Waals surface area (Å²) in [5.41, 5.74) is 7.02. The number of halogens is 1. The largest absolute Gasteiger partial charge is 0.343 e. The van der Waals surface area contributed by atoms with Gasteiger partial charge in [0.05, 0.1) is 11.1 Å². The average Bonchev–Trinajstić information content (AvgIpc) is 2.93. The Bertz CT molecular complexity index is 885. The number of carbonyl (C=O) groups excluding carboxylic acids is 1. The lowest BCUT2D eigenvalue weighted by Crippen LogP contribution is -2.44. The Balaban J connectivity index is 1.75. The Labute approximate surface area is 158 Å². The van der Waals surface area contributed by atoms with Gasteiger partial charge in [-0.15, -0.1) is 0 Å². The first-order valence-corrected chi connectivity index (χ1v) is 9.39. The number of hydrogen-bond acceptors (Lipinski definition) is 4.